The molecule has 0 saturated heterocycles. The molecule has 1 aliphatic rings. The molecular formula is C12H14FNO2. The molecule has 3 nitrogen and oxygen atoms in total. The minimum Gasteiger partial charge on any atom is -0.481 e. The van der Waals surface area contributed by atoms with Gasteiger partial charge in [0.05, 0.1) is 11.1 Å². The van der Waals surface area contributed by atoms with Crippen LogP contribution in [0.15, 0.2) is 18.2 Å². The topological polar surface area (TPSA) is 63.3 Å². The van der Waals surface area contributed by atoms with Crippen LogP contribution in [0.1, 0.15) is 31.2 Å². The highest BCUT2D eigenvalue weighted by Gasteiger charge is 2.44. The van der Waals surface area contributed by atoms with Gasteiger partial charge in [0.15, 0.2) is 0 Å². The molecule has 0 heterocycles. The Balaban J connectivity index is 2.56. The zero-order chi connectivity index (χ0) is 11.8. The predicted molar refractivity (Wildman–Crippen MR) is 58.6 cm³/mol. The van der Waals surface area contributed by atoms with Crippen LogP contribution in [0, 0.1) is 5.82 Å². The van der Waals surface area contributed by atoms with E-state index in [1.807, 2.05) is 0 Å². The summed E-state index contributed by atoms with van der Waals surface area (Å²) >= 11 is 0. The zero-order valence-corrected chi connectivity index (χ0v) is 8.87. The SMILES string of the molecule is Nc1c(F)cccc1C1(C(=O)O)CCCC1. The van der Waals surface area contributed by atoms with Crippen molar-refractivity contribution in [2.45, 2.75) is 31.1 Å². The van der Waals surface area contributed by atoms with Crippen LogP contribution < -0.4 is 5.73 Å². The maximum atomic E-state index is 13.3. The Morgan fingerprint density at radius 2 is 2.00 bits per heavy atom. The van der Waals surface area contributed by atoms with E-state index in [0.29, 0.717) is 18.4 Å². The number of anilines is 1. The molecular weight excluding hydrogens is 209 g/mol. The number of hydrogen-bond donors (Lipinski definition) is 2. The molecule has 3 N–H and O–H groups in total. The van der Waals surface area contributed by atoms with Crippen LogP contribution >= 0.6 is 0 Å². The van der Waals surface area contributed by atoms with Gasteiger partial charge >= 0.3 is 5.97 Å². The first-order chi connectivity index (χ1) is 7.58. The van der Waals surface area contributed by atoms with Crippen LogP contribution in [0.25, 0.3) is 0 Å². The normalized spacial score (nSPS) is 18.6. The Hall–Kier alpha value is -1.58. The molecule has 1 saturated carbocycles. The third kappa shape index (κ3) is 1.45. The van der Waals surface area contributed by atoms with Crippen LogP contribution in [-0.2, 0) is 10.2 Å². The van der Waals surface area contributed by atoms with Crippen molar-refractivity contribution in [3.63, 3.8) is 0 Å². The fourth-order valence-corrected chi connectivity index (χ4v) is 2.53. The quantitative estimate of drug-likeness (QED) is 0.756. The Kier molecular flexibility index (Phi) is 2.58. The molecule has 0 unspecified atom stereocenters. The molecule has 1 aromatic carbocycles. The van der Waals surface area contributed by atoms with Gasteiger partial charge < -0.3 is 10.8 Å². The van der Waals surface area contributed by atoms with E-state index in [9.17, 15) is 14.3 Å². The van der Waals surface area contributed by atoms with Gasteiger partial charge in [0.1, 0.15) is 5.82 Å². The lowest BCUT2D eigenvalue weighted by atomic mass is 9.78. The van der Waals surface area contributed by atoms with Crippen LogP contribution in [0.5, 0.6) is 0 Å². The van der Waals surface area contributed by atoms with Crippen molar-refractivity contribution in [2.75, 3.05) is 5.73 Å². The van der Waals surface area contributed by atoms with Gasteiger partial charge in [-0.05, 0) is 24.5 Å². The van der Waals surface area contributed by atoms with Gasteiger partial charge in [0.25, 0.3) is 0 Å². The van der Waals surface area contributed by atoms with Crippen molar-refractivity contribution in [3.05, 3.63) is 29.6 Å². The van der Waals surface area contributed by atoms with Gasteiger partial charge in [-0.25, -0.2) is 4.39 Å². The van der Waals surface area contributed by atoms with Crippen molar-refractivity contribution in [2.24, 2.45) is 0 Å². The van der Waals surface area contributed by atoms with Crippen molar-refractivity contribution >= 4 is 11.7 Å². The fraction of sp³-hybridized carbons (Fsp3) is 0.417. The molecule has 0 aliphatic heterocycles. The molecule has 0 spiro atoms. The van der Waals surface area contributed by atoms with Crippen molar-refractivity contribution in [1.29, 1.82) is 0 Å². The highest BCUT2D eigenvalue weighted by atomic mass is 19.1. The summed E-state index contributed by atoms with van der Waals surface area (Å²) < 4.78 is 13.3. The zero-order valence-electron chi connectivity index (χ0n) is 8.87. The number of nitrogen functional groups attached to an aromatic ring is 1. The lowest BCUT2D eigenvalue weighted by molar-refractivity contribution is -0.143. The van der Waals surface area contributed by atoms with E-state index in [4.69, 9.17) is 5.73 Å². The van der Waals surface area contributed by atoms with Crippen LogP contribution in [-0.4, -0.2) is 11.1 Å². The summed E-state index contributed by atoms with van der Waals surface area (Å²) in [5.74, 6) is -1.44. The minimum atomic E-state index is -0.980. The standard InChI is InChI=1S/C12H14FNO2/c13-9-5-3-4-8(10(9)14)12(11(15)16)6-1-2-7-12/h3-5H,1-2,6-7,14H2,(H,15,16). The maximum absolute atomic E-state index is 13.3. The number of carbonyl (C=O) groups is 1. The Bertz CT molecular complexity index is 425. The molecule has 16 heavy (non-hydrogen) atoms. The second-order valence-electron chi connectivity index (χ2n) is 4.30. The Morgan fingerprint density at radius 1 is 1.38 bits per heavy atom. The third-order valence-electron chi connectivity index (χ3n) is 3.43. The lowest BCUT2D eigenvalue weighted by Gasteiger charge is -2.25. The van der Waals surface area contributed by atoms with Crippen LogP contribution in [0.2, 0.25) is 0 Å². The number of carboxylic acids is 1. The summed E-state index contributed by atoms with van der Waals surface area (Å²) in [7, 11) is 0. The number of para-hydroxylation sites is 1. The lowest BCUT2D eigenvalue weighted by Crippen LogP contribution is -2.33. The van der Waals surface area contributed by atoms with Crippen molar-refractivity contribution < 1.29 is 14.3 Å². The van der Waals surface area contributed by atoms with E-state index in [0.717, 1.165) is 12.8 Å². The van der Waals surface area contributed by atoms with E-state index in [-0.39, 0.29) is 5.69 Å². The Morgan fingerprint density at radius 3 is 2.56 bits per heavy atom. The molecule has 1 aliphatic carbocycles. The molecule has 0 amide bonds. The number of nitrogens with two attached hydrogens (primary N) is 1. The summed E-state index contributed by atoms with van der Waals surface area (Å²) in [6, 6.07) is 4.39. The molecule has 4 heteroatoms. The highest BCUT2D eigenvalue weighted by molar-refractivity contribution is 5.84. The van der Waals surface area contributed by atoms with Crippen LogP contribution in [0.4, 0.5) is 10.1 Å². The van der Waals surface area contributed by atoms with Crippen molar-refractivity contribution in [3.8, 4) is 0 Å². The molecule has 2 rings (SSSR count). The number of hydrogen-bond acceptors (Lipinski definition) is 2. The average molecular weight is 223 g/mol. The van der Waals surface area contributed by atoms with E-state index >= 15 is 0 Å². The number of benzene rings is 1. The second-order valence-corrected chi connectivity index (χ2v) is 4.30. The number of aliphatic carboxylic acids is 1. The Labute approximate surface area is 93.1 Å². The molecule has 0 radical (unpaired) electrons. The van der Waals surface area contributed by atoms with Gasteiger partial charge in [-0.1, -0.05) is 25.0 Å². The van der Waals surface area contributed by atoms with Gasteiger partial charge in [0.2, 0.25) is 0 Å². The summed E-state index contributed by atoms with van der Waals surface area (Å²) in [4.78, 5) is 11.4. The average Bonchev–Trinajstić information content (AvgIpc) is 2.72. The first kappa shape index (κ1) is 10.9. The predicted octanol–water partition coefficient (Wildman–Crippen LogP) is 2.30. The third-order valence-corrected chi connectivity index (χ3v) is 3.43. The van der Waals surface area contributed by atoms with Gasteiger partial charge in [-0.15, -0.1) is 0 Å². The first-order valence-electron chi connectivity index (χ1n) is 5.36. The largest absolute Gasteiger partial charge is 0.481 e. The number of carboxylic acid groups (broad SMARTS) is 1. The van der Waals surface area contributed by atoms with E-state index in [2.05, 4.69) is 0 Å². The highest BCUT2D eigenvalue weighted by Crippen LogP contribution is 2.43. The van der Waals surface area contributed by atoms with Crippen molar-refractivity contribution in [1.82, 2.24) is 0 Å². The first-order valence-corrected chi connectivity index (χ1v) is 5.36. The molecule has 1 fully saturated rings. The summed E-state index contributed by atoms with van der Waals surface area (Å²) in [6.07, 6.45) is 2.77. The van der Waals surface area contributed by atoms with E-state index in [1.54, 1.807) is 6.07 Å². The number of rotatable bonds is 2. The van der Waals surface area contributed by atoms with E-state index in [1.165, 1.54) is 12.1 Å². The van der Waals surface area contributed by atoms with Gasteiger partial charge in [0, 0.05) is 0 Å². The smallest absolute Gasteiger partial charge is 0.314 e. The maximum Gasteiger partial charge on any atom is 0.314 e. The summed E-state index contributed by atoms with van der Waals surface area (Å²) in [5.41, 5.74) is 5.07. The monoisotopic (exact) mass is 223 g/mol. The van der Waals surface area contributed by atoms with Gasteiger partial charge in [-0.3, -0.25) is 4.79 Å². The molecule has 0 atom stereocenters. The molecule has 1 aromatic rings. The molecule has 0 bridgehead atoms. The number of halogens is 1. The van der Waals surface area contributed by atoms with E-state index < -0.39 is 17.2 Å². The minimum absolute atomic E-state index is 0.0215. The van der Waals surface area contributed by atoms with Gasteiger partial charge in [-0.2, -0.15) is 0 Å². The summed E-state index contributed by atoms with van der Waals surface area (Å²) in [6.45, 7) is 0. The second kappa shape index (κ2) is 3.77. The molecule has 0 aromatic heterocycles. The fourth-order valence-electron chi connectivity index (χ4n) is 2.53. The molecule has 86 valence electrons. The summed E-state index contributed by atoms with van der Waals surface area (Å²) in [5, 5.41) is 9.35. The van der Waals surface area contributed by atoms with Crippen LogP contribution in [0.3, 0.4) is 0 Å².